The topological polar surface area (TPSA) is 43.8 Å². The fraction of sp³-hybridized carbons (Fsp3) is 0.562. The minimum Gasteiger partial charge on any atom is -0.393 e. The van der Waals surface area contributed by atoms with E-state index in [2.05, 4.69) is 0 Å². The van der Waals surface area contributed by atoms with Gasteiger partial charge in [-0.3, -0.25) is 9.69 Å². The third-order valence-electron chi connectivity index (χ3n) is 3.92. The largest absolute Gasteiger partial charge is 0.393 e. The Balaban J connectivity index is 2.16. The van der Waals surface area contributed by atoms with Crippen molar-refractivity contribution in [1.29, 1.82) is 0 Å². The molecule has 1 aliphatic heterocycles. The molecule has 20 heavy (non-hydrogen) atoms. The van der Waals surface area contributed by atoms with Gasteiger partial charge in [-0.05, 0) is 39.4 Å². The lowest BCUT2D eigenvalue weighted by Gasteiger charge is -2.34. The average molecular weight is 276 g/mol. The maximum absolute atomic E-state index is 12.7. The molecule has 1 N–H and O–H groups in total. The van der Waals surface area contributed by atoms with Gasteiger partial charge in [0.1, 0.15) is 6.04 Å². The zero-order valence-corrected chi connectivity index (χ0v) is 12.5. The molecule has 1 aromatic rings. The number of benzene rings is 1. The molecular formula is C16H24N2O2. The Labute approximate surface area is 121 Å². The lowest BCUT2D eigenvalue weighted by molar-refractivity contribution is -0.138. The number of piperidine rings is 1. The Morgan fingerprint density at radius 2 is 1.80 bits per heavy atom. The third kappa shape index (κ3) is 3.38. The van der Waals surface area contributed by atoms with Crippen LogP contribution in [0.2, 0.25) is 0 Å². The van der Waals surface area contributed by atoms with Crippen molar-refractivity contribution in [1.82, 2.24) is 9.80 Å². The summed E-state index contributed by atoms with van der Waals surface area (Å²) in [6.07, 6.45) is 1.11. The van der Waals surface area contributed by atoms with Gasteiger partial charge < -0.3 is 10.0 Å². The molecule has 1 saturated heterocycles. The molecule has 1 aliphatic rings. The van der Waals surface area contributed by atoms with Crippen LogP contribution in [0.5, 0.6) is 0 Å². The summed E-state index contributed by atoms with van der Waals surface area (Å²) in [4.78, 5) is 16.6. The molecule has 0 aliphatic carbocycles. The first-order valence-electron chi connectivity index (χ1n) is 7.19. The van der Waals surface area contributed by atoms with Crippen LogP contribution in [-0.2, 0) is 4.79 Å². The third-order valence-corrected chi connectivity index (χ3v) is 3.92. The fourth-order valence-electron chi connectivity index (χ4n) is 2.67. The highest BCUT2D eigenvalue weighted by Crippen LogP contribution is 2.23. The fourth-order valence-corrected chi connectivity index (χ4v) is 2.67. The van der Waals surface area contributed by atoms with E-state index >= 15 is 0 Å². The van der Waals surface area contributed by atoms with Crippen LogP contribution in [0.4, 0.5) is 0 Å². The van der Waals surface area contributed by atoms with E-state index in [-0.39, 0.29) is 18.1 Å². The molecule has 1 fully saturated rings. The number of aliphatic hydroxyl groups is 1. The molecule has 4 heteroatoms. The summed E-state index contributed by atoms with van der Waals surface area (Å²) in [5.74, 6) is 0.130. The van der Waals surface area contributed by atoms with Gasteiger partial charge in [0.25, 0.3) is 0 Å². The molecule has 1 heterocycles. The minimum absolute atomic E-state index is 0.130. The van der Waals surface area contributed by atoms with Gasteiger partial charge in [-0.2, -0.15) is 0 Å². The molecule has 1 aromatic carbocycles. The minimum atomic E-state index is -0.253. The van der Waals surface area contributed by atoms with Crippen LogP contribution in [0.1, 0.15) is 30.0 Å². The summed E-state index contributed by atoms with van der Waals surface area (Å²) < 4.78 is 0. The number of likely N-dealkylation sites (N-methyl/N-ethyl adjacent to an activating group) is 1. The lowest BCUT2D eigenvalue weighted by atomic mass is 10.0. The number of nitrogens with zero attached hydrogens (tertiary/aromatic N) is 2. The van der Waals surface area contributed by atoms with Gasteiger partial charge in [0.15, 0.2) is 0 Å². The van der Waals surface area contributed by atoms with Crippen molar-refractivity contribution in [2.75, 3.05) is 27.2 Å². The number of carbonyl (C=O) groups excluding carboxylic acids is 1. The molecule has 0 spiro atoms. The van der Waals surface area contributed by atoms with Gasteiger partial charge in [-0.25, -0.2) is 0 Å². The van der Waals surface area contributed by atoms with Crippen LogP contribution in [0.25, 0.3) is 0 Å². The van der Waals surface area contributed by atoms with Crippen molar-refractivity contribution in [3.05, 3.63) is 35.4 Å². The predicted molar refractivity (Wildman–Crippen MR) is 79.4 cm³/mol. The van der Waals surface area contributed by atoms with E-state index in [1.165, 1.54) is 5.56 Å². The van der Waals surface area contributed by atoms with Crippen molar-refractivity contribution in [2.45, 2.75) is 31.9 Å². The molecule has 0 saturated carbocycles. The van der Waals surface area contributed by atoms with Crippen molar-refractivity contribution < 1.29 is 9.90 Å². The highest BCUT2D eigenvalue weighted by atomic mass is 16.3. The van der Waals surface area contributed by atoms with Crippen LogP contribution in [0.15, 0.2) is 24.3 Å². The van der Waals surface area contributed by atoms with E-state index in [0.717, 1.165) is 5.56 Å². The van der Waals surface area contributed by atoms with E-state index in [9.17, 15) is 9.90 Å². The van der Waals surface area contributed by atoms with E-state index < -0.39 is 0 Å². The summed E-state index contributed by atoms with van der Waals surface area (Å²) in [7, 11) is 3.86. The number of hydrogen-bond donors (Lipinski definition) is 1. The van der Waals surface area contributed by atoms with Gasteiger partial charge in [-0.15, -0.1) is 0 Å². The molecule has 0 unspecified atom stereocenters. The summed E-state index contributed by atoms with van der Waals surface area (Å²) in [6, 6.07) is 7.89. The predicted octanol–water partition coefficient (Wildman–Crippen LogP) is 1.58. The Bertz CT molecular complexity index is 448. The van der Waals surface area contributed by atoms with Crippen molar-refractivity contribution in [3.8, 4) is 0 Å². The first-order valence-corrected chi connectivity index (χ1v) is 7.19. The first-order chi connectivity index (χ1) is 9.49. The van der Waals surface area contributed by atoms with Crippen molar-refractivity contribution in [3.63, 3.8) is 0 Å². The van der Waals surface area contributed by atoms with Crippen molar-refractivity contribution in [2.24, 2.45) is 0 Å². The number of carbonyl (C=O) groups is 1. The standard InChI is InChI=1S/C16H24N2O2/c1-12-4-6-13(7-5-12)15(17(2)3)16(20)18-10-8-14(19)9-11-18/h4-7,14-15,19H,8-11H2,1-3H3/t15-/m1/s1. The van der Waals surface area contributed by atoms with E-state index in [0.29, 0.717) is 25.9 Å². The Morgan fingerprint density at radius 3 is 2.30 bits per heavy atom. The highest BCUT2D eigenvalue weighted by Gasteiger charge is 2.30. The van der Waals surface area contributed by atoms with Crippen LogP contribution < -0.4 is 0 Å². The van der Waals surface area contributed by atoms with E-state index in [1.54, 1.807) is 0 Å². The second-order valence-corrected chi connectivity index (χ2v) is 5.83. The molecule has 2 rings (SSSR count). The van der Waals surface area contributed by atoms with Gasteiger partial charge >= 0.3 is 0 Å². The number of hydrogen-bond acceptors (Lipinski definition) is 3. The van der Waals surface area contributed by atoms with Crippen LogP contribution in [-0.4, -0.2) is 54.1 Å². The second-order valence-electron chi connectivity index (χ2n) is 5.83. The smallest absolute Gasteiger partial charge is 0.244 e. The number of amides is 1. The molecular weight excluding hydrogens is 252 g/mol. The van der Waals surface area contributed by atoms with Crippen LogP contribution in [0, 0.1) is 6.92 Å². The molecule has 1 atom stereocenters. The number of likely N-dealkylation sites (tertiary alicyclic amines) is 1. The summed E-state index contributed by atoms with van der Waals surface area (Å²) in [6.45, 7) is 3.34. The van der Waals surface area contributed by atoms with Gasteiger partial charge in [0, 0.05) is 13.1 Å². The van der Waals surface area contributed by atoms with Gasteiger partial charge in [0.2, 0.25) is 5.91 Å². The second kappa shape index (κ2) is 6.37. The molecule has 0 aromatic heterocycles. The molecule has 1 amide bonds. The monoisotopic (exact) mass is 276 g/mol. The Kier molecular flexibility index (Phi) is 4.78. The van der Waals surface area contributed by atoms with E-state index in [4.69, 9.17) is 0 Å². The average Bonchev–Trinajstić information content (AvgIpc) is 2.41. The highest BCUT2D eigenvalue weighted by molar-refractivity contribution is 5.83. The first kappa shape index (κ1) is 15.0. The zero-order chi connectivity index (χ0) is 14.7. The number of aliphatic hydroxyl groups excluding tert-OH is 1. The zero-order valence-electron chi connectivity index (χ0n) is 12.5. The summed E-state index contributed by atoms with van der Waals surface area (Å²) >= 11 is 0. The molecule has 0 bridgehead atoms. The quantitative estimate of drug-likeness (QED) is 0.911. The maximum atomic E-state index is 12.7. The van der Waals surface area contributed by atoms with Crippen molar-refractivity contribution >= 4 is 5.91 Å². The van der Waals surface area contributed by atoms with E-state index in [1.807, 2.05) is 55.1 Å². The molecule has 0 radical (unpaired) electrons. The lowest BCUT2D eigenvalue weighted by Crippen LogP contribution is -2.45. The normalized spacial score (nSPS) is 18.4. The van der Waals surface area contributed by atoms with Gasteiger partial charge in [-0.1, -0.05) is 29.8 Å². The molecule has 110 valence electrons. The van der Waals surface area contributed by atoms with Gasteiger partial charge in [0.05, 0.1) is 6.10 Å². The molecule has 4 nitrogen and oxygen atoms in total. The Morgan fingerprint density at radius 1 is 1.25 bits per heavy atom. The summed E-state index contributed by atoms with van der Waals surface area (Å²) in [5.41, 5.74) is 2.22. The van der Waals surface area contributed by atoms with Crippen LogP contribution >= 0.6 is 0 Å². The Hall–Kier alpha value is -1.39. The summed E-state index contributed by atoms with van der Waals surface area (Å²) in [5, 5.41) is 9.56. The SMILES string of the molecule is Cc1ccc([C@H](C(=O)N2CCC(O)CC2)N(C)C)cc1. The maximum Gasteiger partial charge on any atom is 0.244 e. The van der Waals surface area contributed by atoms with Crippen LogP contribution in [0.3, 0.4) is 0 Å². The number of rotatable bonds is 3. The number of aryl methyl sites for hydroxylation is 1.